The number of aromatic nitrogens is 3. The van der Waals surface area contributed by atoms with Crippen LogP contribution in [0.3, 0.4) is 0 Å². The maximum Gasteiger partial charge on any atom is 0.262 e. The zero-order chi connectivity index (χ0) is 22.6. The first-order valence-corrected chi connectivity index (χ1v) is 12.7. The number of thiazole rings is 1. The van der Waals surface area contributed by atoms with Crippen molar-refractivity contribution in [3.63, 3.8) is 0 Å². The van der Waals surface area contributed by atoms with Crippen molar-refractivity contribution in [2.45, 2.75) is 38.8 Å². The number of hydrogen-bond acceptors (Lipinski definition) is 8. The van der Waals surface area contributed by atoms with E-state index in [2.05, 4.69) is 37.7 Å². The van der Waals surface area contributed by atoms with E-state index in [9.17, 15) is 4.79 Å². The Hall–Kier alpha value is -2.88. The Morgan fingerprint density at radius 2 is 2.12 bits per heavy atom. The van der Waals surface area contributed by atoms with Crippen molar-refractivity contribution in [2.24, 2.45) is 0 Å². The van der Waals surface area contributed by atoms with Crippen molar-refractivity contribution in [1.29, 1.82) is 0 Å². The molecule has 2 N–H and O–H groups in total. The maximum atomic E-state index is 13.0. The van der Waals surface area contributed by atoms with Crippen LogP contribution in [0.4, 0.5) is 5.82 Å². The molecule has 33 heavy (non-hydrogen) atoms. The fourth-order valence-corrected chi connectivity index (χ4v) is 5.86. The van der Waals surface area contributed by atoms with Gasteiger partial charge in [0.05, 0.1) is 33.6 Å². The fraction of sp³-hybridized carbons (Fsp3) is 0.333. The van der Waals surface area contributed by atoms with Gasteiger partial charge in [-0.1, -0.05) is 30.3 Å². The van der Waals surface area contributed by atoms with Gasteiger partial charge < -0.3 is 15.4 Å². The summed E-state index contributed by atoms with van der Waals surface area (Å²) in [4.78, 5) is 27.9. The zero-order valence-electron chi connectivity index (χ0n) is 18.3. The van der Waals surface area contributed by atoms with Crippen molar-refractivity contribution < 1.29 is 9.53 Å². The molecule has 1 aromatic carbocycles. The molecule has 5 rings (SSSR count). The molecule has 0 saturated carbocycles. The molecule has 1 fully saturated rings. The fourth-order valence-electron chi connectivity index (χ4n) is 3.97. The van der Waals surface area contributed by atoms with Crippen molar-refractivity contribution in [1.82, 2.24) is 20.3 Å². The summed E-state index contributed by atoms with van der Waals surface area (Å²) in [6.45, 7) is 3.88. The standard InChI is InChI=1S/C24H25N5O2S2/c1-15-20-22(25-12-18-8-5-9-31-18)27-14-28-24(20)33-21(15)23(30)26-11-17-13-32-19(29-17)10-16-6-3-2-4-7-16/h2-4,6-7,13-14,18H,5,8-12H2,1H3,(H,26,30)(H,25,27,28)/t18-/m0/s1. The third-order valence-corrected chi connectivity index (χ3v) is 7.78. The van der Waals surface area contributed by atoms with Gasteiger partial charge in [0.2, 0.25) is 0 Å². The van der Waals surface area contributed by atoms with Gasteiger partial charge in [-0.2, -0.15) is 0 Å². The highest BCUT2D eigenvalue weighted by molar-refractivity contribution is 7.20. The molecule has 0 spiro atoms. The summed E-state index contributed by atoms with van der Waals surface area (Å²) in [6, 6.07) is 10.3. The number of aryl methyl sites for hydroxylation is 1. The molecule has 7 nitrogen and oxygen atoms in total. The molecule has 3 aromatic heterocycles. The van der Waals surface area contributed by atoms with Crippen LogP contribution in [0.2, 0.25) is 0 Å². The second-order valence-electron chi connectivity index (χ2n) is 8.05. The van der Waals surface area contributed by atoms with Crippen LogP contribution in [0.25, 0.3) is 10.2 Å². The van der Waals surface area contributed by atoms with Crippen LogP contribution < -0.4 is 10.6 Å². The van der Waals surface area contributed by atoms with E-state index < -0.39 is 0 Å². The van der Waals surface area contributed by atoms with Gasteiger partial charge in [-0.15, -0.1) is 22.7 Å². The first kappa shape index (κ1) is 21.9. The number of ether oxygens (including phenoxy) is 1. The van der Waals surface area contributed by atoms with E-state index >= 15 is 0 Å². The molecule has 4 heterocycles. The number of nitrogens with zero attached hydrogens (tertiary/aromatic N) is 3. The molecule has 1 atom stereocenters. The van der Waals surface area contributed by atoms with Crippen molar-refractivity contribution in [2.75, 3.05) is 18.5 Å². The summed E-state index contributed by atoms with van der Waals surface area (Å²) < 4.78 is 5.70. The minimum Gasteiger partial charge on any atom is -0.376 e. The second-order valence-corrected chi connectivity index (χ2v) is 9.99. The van der Waals surface area contributed by atoms with Crippen LogP contribution in [0.1, 0.15) is 44.3 Å². The number of amides is 1. The topological polar surface area (TPSA) is 89.0 Å². The van der Waals surface area contributed by atoms with Crippen LogP contribution in [0.15, 0.2) is 42.0 Å². The van der Waals surface area contributed by atoms with Crippen molar-refractivity contribution in [3.8, 4) is 0 Å². The van der Waals surface area contributed by atoms with Crippen LogP contribution in [-0.4, -0.2) is 40.1 Å². The lowest BCUT2D eigenvalue weighted by molar-refractivity contribution is 0.0954. The number of rotatable bonds is 8. The summed E-state index contributed by atoms with van der Waals surface area (Å²) in [5.41, 5.74) is 3.00. The van der Waals surface area contributed by atoms with E-state index in [1.807, 2.05) is 30.5 Å². The van der Waals surface area contributed by atoms with E-state index in [0.717, 1.165) is 58.2 Å². The zero-order valence-corrected chi connectivity index (χ0v) is 20.0. The summed E-state index contributed by atoms with van der Waals surface area (Å²) in [7, 11) is 0. The molecular formula is C24H25N5O2S2. The third kappa shape index (κ3) is 5.05. The number of hydrogen-bond donors (Lipinski definition) is 2. The Kier molecular flexibility index (Phi) is 6.61. The highest BCUT2D eigenvalue weighted by Gasteiger charge is 2.21. The molecule has 0 aliphatic carbocycles. The number of carbonyl (C=O) groups is 1. The van der Waals surface area contributed by atoms with E-state index in [1.54, 1.807) is 17.7 Å². The molecule has 1 aliphatic rings. The molecule has 170 valence electrons. The van der Waals surface area contributed by atoms with Gasteiger partial charge in [0.15, 0.2) is 0 Å². The van der Waals surface area contributed by atoms with Crippen LogP contribution in [-0.2, 0) is 17.7 Å². The largest absolute Gasteiger partial charge is 0.376 e. The molecule has 1 aliphatic heterocycles. The minimum atomic E-state index is -0.113. The van der Waals surface area contributed by atoms with Crippen LogP contribution >= 0.6 is 22.7 Å². The SMILES string of the molecule is Cc1c(C(=O)NCc2csc(Cc3ccccc3)n2)sc2ncnc(NC[C@@H]3CCCO3)c12. The van der Waals surface area contributed by atoms with Crippen molar-refractivity contribution >= 4 is 44.6 Å². The summed E-state index contributed by atoms with van der Waals surface area (Å²) in [6.07, 6.45) is 4.71. The van der Waals surface area contributed by atoms with Gasteiger partial charge in [-0.05, 0) is 30.9 Å². The normalized spacial score (nSPS) is 15.7. The first-order chi connectivity index (χ1) is 16.2. The molecule has 1 saturated heterocycles. The average molecular weight is 480 g/mol. The highest BCUT2D eigenvalue weighted by atomic mass is 32.1. The monoisotopic (exact) mass is 479 g/mol. The minimum absolute atomic E-state index is 0.113. The predicted molar refractivity (Wildman–Crippen MR) is 132 cm³/mol. The molecule has 4 aromatic rings. The quantitative estimate of drug-likeness (QED) is 0.385. The van der Waals surface area contributed by atoms with Gasteiger partial charge >= 0.3 is 0 Å². The molecule has 9 heteroatoms. The molecule has 0 radical (unpaired) electrons. The number of thiophene rings is 1. The Balaban J connectivity index is 1.25. The Bertz CT molecular complexity index is 1250. The second kappa shape index (κ2) is 9.94. The van der Waals surface area contributed by atoms with E-state index in [0.29, 0.717) is 18.0 Å². The van der Waals surface area contributed by atoms with Gasteiger partial charge in [0.25, 0.3) is 5.91 Å². The van der Waals surface area contributed by atoms with Crippen molar-refractivity contribution in [3.05, 3.63) is 68.7 Å². The Morgan fingerprint density at radius 1 is 1.24 bits per heavy atom. The smallest absolute Gasteiger partial charge is 0.262 e. The van der Waals surface area contributed by atoms with Crippen LogP contribution in [0, 0.1) is 6.92 Å². The predicted octanol–water partition coefficient (Wildman–Crippen LogP) is 4.57. The van der Waals surface area contributed by atoms with Gasteiger partial charge in [-0.25, -0.2) is 15.0 Å². The summed E-state index contributed by atoms with van der Waals surface area (Å²) >= 11 is 3.01. The maximum absolute atomic E-state index is 13.0. The Labute approximate surface area is 200 Å². The number of benzene rings is 1. The third-order valence-electron chi connectivity index (χ3n) is 5.68. The summed E-state index contributed by atoms with van der Waals surface area (Å²) in [5, 5.41) is 10.4. The average Bonchev–Trinajstić information content (AvgIpc) is 3.58. The molecule has 0 bridgehead atoms. The molecular weight excluding hydrogens is 454 g/mol. The number of anilines is 1. The van der Waals surface area contributed by atoms with Gasteiger partial charge in [0.1, 0.15) is 17.0 Å². The first-order valence-electron chi connectivity index (χ1n) is 11.0. The van der Waals surface area contributed by atoms with E-state index in [-0.39, 0.29) is 12.0 Å². The number of carbonyl (C=O) groups excluding carboxylic acids is 1. The molecule has 1 amide bonds. The van der Waals surface area contributed by atoms with Gasteiger partial charge in [0, 0.05) is 25.0 Å². The number of nitrogens with one attached hydrogen (secondary N) is 2. The van der Waals surface area contributed by atoms with E-state index in [4.69, 9.17) is 4.74 Å². The number of fused-ring (bicyclic) bond motifs is 1. The lowest BCUT2D eigenvalue weighted by Crippen LogP contribution is -2.22. The van der Waals surface area contributed by atoms with E-state index in [1.165, 1.54) is 16.9 Å². The highest BCUT2D eigenvalue weighted by Crippen LogP contribution is 2.33. The van der Waals surface area contributed by atoms with Crippen LogP contribution in [0.5, 0.6) is 0 Å². The Morgan fingerprint density at radius 3 is 2.94 bits per heavy atom. The lowest BCUT2D eigenvalue weighted by atomic mass is 10.2. The molecule has 0 unspecified atom stereocenters. The van der Waals surface area contributed by atoms with Gasteiger partial charge in [-0.3, -0.25) is 4.79 Å². The lowest BCUT2D eigenvalue weighted by Gasteiger charge is -2.12. The summed E-state index contributed by atoms with van der Waals surface area (Å²) in [5.74, 6) is 0.645.